The molecule has 3 rings (SSSR count). The number of hydrogen-bond acceptors (Lipinski definition) is 4. The van der Waals surface area contributed by atoms with Gasteiger partial charge in [-0.05, 0) is 58.8 Å². The largest absolute Gasteiger partial charge is 0.488 e. The van der Waals surface area contributed by atoms with Gasteiger partial charge in [0.2, 0.25) is 0 Å². The van der Waals surface area contributed by atoms with Gasteiger partial charge in [0, 0.05) is 11.1 Å². The van der Waals surface area contributed by atoms with Crippen LogP contribution in [0.3, 0.4) is 0 Å². The fourth-order valence-electron chi connectivity index (χ4n) is 4.06. The third-order valence-corrected chi connectivity index (χ3v) is 6.04. The van der Waals surface area contributed by atoms with Crippen molar-refractivity contribution in [3.05, 3.63) is 64.2 Å². The van der Waals surface area contributed by atoms with Crippen LogP contribution in [0, 0.1) is 6.92 Å². The lowest BCUT2D eigenvalue weighted by Crippen LogP contribution is -2.34. The highest BCUT2D eigenvalue weighted by Gasteiger charge is 2.37. The molecule has 0 heterocycles. The van der Waals surface area contributed by atoms with Crippen molar-refractivity contribution < 1.29 is 15.3 Å². The number of hydrogen-bond donors (Lipinski definition) is 3. The minimum atomic E-state index is -1.51. The predicted molar refractivity (Wildman–Crippen MR) is 110 cm³/mol. The Kier molecular flexibility index (Phi) is 4.95. The highest BCUT2D eigenvalue weighted by Crippen LogP contribution is 2.46. The lowest BCUT2D eigenvalue weighted by molar-refractivity contribution is 0.319. The molecule has 0 atom stereocenters. The third kappa shape index (κ3) is 3.54. The first-order valence-corrected chi connectivity index (χ1v) is 9.41. The van der Waals surface area contributed by atoms with Crippen molar-refractivity contribution in [1.82, 2.24) is 0 Å². The summed E-state index contributed by atoms with van der Waals surface area (Å²) in [7, 11) is -1.51. The van der Waals surface area contributed by atoms with E-state index >= 15 is 0 Å². The summed E-state index contributed by atoms with van der Waals surface area (Å²) in [5.41, 5.74) is 6.48. The summed E-state index contributed by atoms with van der Waals surface area (Å²) >= 11 is 0. The van der Waals surface area contributed by atoms with Gasteiger partial charge in [-0.2, -0.15) is 0 Å². The van der Waals surface area contributed by atoms with Crippen LogP contribution in [0.2, 0.25) is 0 Å². The molecule has 1 aliphatic rings. The molecule has 5 heteroatoms. The van der Waals surface area contributed by atoms with Crippen molar-refractivity contribution in [2.75, 3.05) is 0 Å². The summed E-state index contributed by atoms with van der Waals surface area (Å²) in [6, 6.07) is 11.2. The SMILES string of the molecule is Cc1cc2c(cc1/C(=N/O)c1ccc(B(O)O)cc1)C(C)(C)CCC2(C)C. The van der Waals surface area contributed by atoms with Crippen molar-refractivity contribution in [2.24, 2.45) is 5.16 Å². The van der Waals surface area contributed by atoms with Gasteiger partial charge in [0.25, 0.3) is 0 Å². The molecule has 0 spiro atoms. The molecular formula is C22H28BNO3. The zero-order chi connectivity index (χ0) is 20.0. The van der Waals surface area contributed by atoms with Crippen molar-refractivity contribution in [3.63, 3.8) is 0 Å². The zero-order valence-electron chi connectivity index (χ0n) is 16.7. The molecular weight excluding hydrogens is 337 g/mol. The van der Waals surface area contributed by atoms with E-state index < -0.39 is 7.12 Å². The standard InChI is InChI=1S/C22H28BNO3/c1-14-12-18-19(22(4,5)11-10-21(18,2)3)13-17(14)20(24-27)15-6-8-16(9-7-15)23(25)26/h6-9,12-13,25-27H,10-11H2,1-5H3/b24-20+. The zero-order valence-corrected chi connectivity index (χ0v) is 16.7. The maximum absolute atomic E-state index is 9.76. The number of oxime groups is 1. The summed E-state index contributed by atoms with van der Waals surface area (Å²) in [5.74, 6) is 0. The molecule has 0 saturated heterocycles. The van der Waals surface area contributed by atoms with Crippen LogP contribution in [0.15, 0.2) is 41.6 Å². The predicted octanol–water partition coefficient (Wildman–Crippen LogP) is 3.25. The smallest absolute Gasteiger partial charge is 0.423 e. The monoisotopic (exact) mass is 365 g/mol. The molecule has 0 fully saturated rings. The van der Waals surface area contributed by atoms with Gasteiger partial charge in [0.05, 0.1) is 0 Å². The Bertz CT molecular complexity index is 883. The fourth-order valence-corrected chi connectivity index (χ4v) is 4.06. The van der Waals surface area contributed by atoms with E-state index in [1.165, 1.54) is 11.1 Å². The third-order valence-electron chi connectivity index (χ3n) is 6.04. The van der Waals surface area contributed by atoms with Crippen molar-refractivity contribution in [3.8, 4) is 0 Å². The van der Waals surface area contributed by atoms with E-state index in [1.54, 1.807) is 24.3 Å². The number of benzene rings is 2. The van der Waals surface area contributed by atoms with Gasteiger partial charge in [-0.15, -0.1) is 0 Å². The summed E-state index contributed by atoms with van der Waals surface area (Å²) < 4.78 is 0. The highest BCUT2D eigenvalue weighted by molar-refractivity contribution is 6.58. The first-order chi connectivity index (χ1) is 12.6. The van der Waals surface area contributed by atoms with Crippen LogP contribution in [0.25, 0.3) is 0 Å². The number of rotatable bonds is 3. The Labute approximate surface area is 161 Å². The quantitative estimate of drug-likeness (QED) is 0.338. The molecule has 0 aromatic heterocycles. The molecule has 3 N–H and O–H groups in total. The molecule has 2 aromatic rings. The van der Waals surface area contributed by atoms with Gasteiger partial charge < -0.3 is 15.3 Å². The number of aryl methyl sites for hydroxylation is 1. The van der Waals surface area contributed by atoms with Gasteiger partial charge in [-0.25, -0.2) is 0 Å². The summed E-state index contributed by atoms with van der Waals surface area (Å²) in [6.45, 7) is 11.2. The molecule has 4 nitrogen and oxygen atoms in total. The molecule has 0 radical (unpaired) electrons. The minimum absolute atomic E-state index is 0.0682. The van der Waals surface area contributed by atoms with Crippen molar-refractivity contribution in [1.29, 1.82) is 0 Å². The van der Waals surface area contributed by atoms with E-state index in [1.807, 2.05) is 6.92 Å². The van der Waals surface area contributed by atoms with E-state index in [0.717, 1.165) is 29.5 Å². The first-order valence-electron chi connectivity index (χ1n) is 9.41. The minimum Gasteiger partial charge on any atom is -0.423 e. The molecule has 0 unspecified atom stereocenters. The Hall–Kier alpha value is -2.11. The summed E-state index contributed by atoms with van der Waals surface area (Å²) in [5, 5.41) is 31.9. The van der Waals surface area contributed by atoms with Gasteiger partial charge in [-0.1, -0.05) is 63.2 Å². The molecule has 2 aromatic carbocycles. The van der Waals surface area contributed by atoms with E-state index in [9.17, 15) is 15.3 Å². The van der Waals surface area contributed by atoms with Crippen LogP contribution in [0.5, 0.6) is 0 Å². The van der Waals surface area contributed by atoms with Gasteiger partial charge >= 0.3 is 7.12 Å². The Morgan fingerprint density at radius 3 is 1.93 bits per heavy atom. The normalized spacial score (nSPS) is 18.1. The number of fused-ring (bicyclic) bond motifs is 1. The van der Waals surface area contributed by atoms with Gasteiger partial charge in [-0.3, -0.25) is 0 Å². The van der Waals surface area contributed by atoms with E-state index in [0.29, 0.717) is 11.2 Å². The van der Waals surface area contributed by atoms with Crippen LogP contribution in [0.1, 0.15) is 68.4 Å². The topological polar surface area (TPSA) is 73.1 Å². The molecule has 0 bridgehead atoms. The average molecular weight is 365 g/mol. The average Bonchev–Trinajstić information content (AvgIpc) is 2.61. The highest BCUT2D eigenvalue weighted by atomic mass is 16.4. The maximum atomic E-state index is 9.76. The van der Waals surface area contributed by atoms with Crippen molar-refractivity contribution in [2.45, 2.75) is 58.3 Å². The second-order valence-electron chi connectivity index (χ2n) is 8.92. The van der Waals surface area contributed by atoms with Gasteiger partial charge in [0.1, 0.15) is 5.71 Å². The van der Waals surface area contributed by atoms with Gasteiger partial charge in [0.15, 0.2) is 0 Å². The van der Waals surface area contributed by atoms with Crippen LogP contribution in [-0.4, -0.2) is 28.1 Å². The van der Waals surface area contributed by atoms with Crippen LogP contribution < -0.4 is 5.46 Å². The molecule has 0 aliphatic heterocycles. The fraction of sp³-hybridized carbons (Fsp3) is 0.409. The van der Waals surface area contributed by atoms with E-state index in [2.05, 4.69) is 45.0 Å². The summed E-state index contributed by atoms with van der Waals surface area (Å²) in [4.78, 5) is 0. The van der Waals surface area contributed by atoms with Crippen LogP contribution in [-0.2, 0) is 10.8 Å². The summed E-state index contributed by atoms with van der Waals surface area (Å²) in [6.07, 6.45) is 2.27. The van der Waals surface area contributed by atoms with Crippen LogP contribution >= 0.6 is 0 Å². The second-order valence-corrected chi connectivity index (χ2v) is 8.92. The van der Waals surface area contributed by atoms with Crippen LogP contribution in [0.4, 0.5) is 0 Å². The van der Waals surface area contributed by atoms with E-state index in [-0.39, 0.29) is 10.8 Å². The first kappa shape index (κ1) is 19.7. The molecule has 142 valence electrons. The molecule has 27 heavy (non-hydrogen) atoms. The lowest BCUT2D eigenvalue weighted by Gasteiger charge is -2.42. The Morgan fingerprint density at radius 2 is 1.44 bits per heavy atom. The molecule has 1 aliphatic carbocycles. The number of nitrogens with zero attached hydrogens (tertiary/aromatic N) is 1. The maximum Gasteiger partial charge on any atom is 0.488 e. The van der Waals surface area contributed by atoms with Crippen molar-refractivity contribution >= 4 is 18.3 Å². The Balaban J connectivity index is 2.13. The lowest BCUT2D eigenvalue weighted by atomic mass is 9.62. The van der Waals surface area contributed by atoms with E-state index in [4.69, 9.17) is 0 Å². The molecule has 0 amide bonds. The molecule has 0 saturated carbocycles. The second kappa shape index (κ2) is 6.81. The Morgan fingerprint density at radius 1 is 0.926 bits per heavy atom.